The Bertz CT molecular complexity index is 2120. The summed E-state index contributed by atoms with van der Waals surface area (Å²) in [5.41, 5.74) is 3.10. The van der Waals surface area contributed by atoms with Crippen LogP contribution in [0, 0.1) is 5.82 Å². The van der Waals surface area contributed by atoms with Gasteiger partial charge in [-0.1, -0.05) is 42.5 Å². The number of nitrogens with zero attached hydrogens (tertiary/aromatic N) is 5. The maximum atomic E-state index is 14.0. The summed E-state index contributed by atoms with van der Waals surface area (Å²) < 4.78 is 58.9. The third-order valence-electron chi connectivity index (χ3n) is 10.1. The summed E-state index contributed by atoms with van der Waals surface area (Å²) in [6, 6.07) is 26.2. The van der Waals surface area contributed by atoms with E-state index in [0.29, 0.717) is 34.3 Å². The maximum Gasteiger partial charge on any atom is 0.253 e. The number of fused-ring (bicyclic) bond motifs is 1. The van der Waals surface area contributed by atoms with Gasteiger partial charge in [0, 0.05) is 51.3 Å². The van der Waals surface area contributed by atoms with Crippen molar-refractivity contribution in [2.24, 2.45) is 0 Å². The van der Waals surface area contributed by atoms with E-state index >= 15 is 0 Å². The summed E-state index contributed by atoms with van der Waals surface area (Å²) in [6.07, 6.45) is 1.64. The molecule has 1 unspecified atom stereocenters. The van der Waals surface area contributed by atoms with Crippen LogP contribution in [0.1, 0.15) is 34.7 Å². The first-order chi connectivity index (χ1) is 26.1. The second-order valence-electron chi connectivity index (χ2n) is 13.5. The lowest BCUT2D eigenvalue weighted by atomic mass is 9.94. The van der Waals surface area contributed by atoms with E-state index in [1.165, 1.54) is 33.5 Å². The predicted octanol–water partition coefficient (Wildman–Crippen LogP) is 6.13. The van der Waals surface area contributed by atoms with Crippen molar-refractivity contribution in [3.8, 4) is 17.2 Å². The van der Waals surface area contributed by atoms with Crippen LogP contribution in [0.25, 0.3) is 11.0 Å². The van der Waals surface area contributed by atoms with Gasteiger partial charge in [0.1, 0.15) is 5.82 Å². The number of carbonyl (C=O) groups excluding carboxylic acids is 1. The van der Waals surface area contributed by atoms with Gasteiger partial charge >= 0.3 is 0 Å². The van der Waals surface area contributed by atoms with Crippen LogP contribution < -0.4 is 19.1 Å². The highest BCUT2D eigenvalue weighted by Crippen LogP contribution is 2.38. The number of aromatic nitrogens is 2. The van der Waals surface area contributed by atoms with E-state index < -0.39 is 9.84 Å². The summed E-state index contributed by atoms with van der Waals surface area (Å²) in [7, 11) is 2.82. The number of likely N-dealkylation sites (N-methyl/N-ethyl adjacent to an activating group) is 1. The minimum Gasteiger partial charge on any atom is -0.493 e. The number of benzene rings is 4. The Labute approximate surface area is 316 Å². The predicted molar refractivity (Wildman–Crippen MR) is 208 cm³/mol. The molecule has 6 rings (SSSR count). The molecule has 54 heavy (non-hydrogen) atoms. The highest BCUT2D eigenvalue weighted by atomic mass is 32.2. The topological polar surface area (TPSA) is 106 Å². The third kappa shape index (κ3) is 8.79. The number of imidazole rings is 1. The highest BCUT2D eigenvalue weighted by Gasteiger charge is 2.26. The average Bonchev–Trinajstić information content (AvgIpc) is 3.40. The number of amides is 1. The first-order valence-corrected chi connectivity index (χ1v) is 19.8. The Morgan fingerprint density at radius 1 is 0.852 bits per heavy atom. The normalized spacial score (nSPS) is 14.4. The van der Waals surface area contributed by atoms with Gasteiger partial charge in [0.25, 0.3) is 5.91 Å². The smallest absolute Gasteiger partial charge is 0.253 e. The second kappa shape index (κ2) is 17.3. The van der Waals surface area contributed by atoms with Gasteiger partial charge in [-0.3, -0.25) is 4.79 Å². The third-order valence-corrected chi connectivity index (χ3v) is 11.8. The van der Waals surface area contributed by atoms with Gasteiger partial charge in [0.2, 0.25) is 11.7 Å². The van der Waals surface area contributed by atoms with Crippen molar-refractivity contribution in [1.29, 1.82) is 0 Å². The molecular weight excluding hydrogens is 710 g/mol. The van der Waals surface area contributed by atoms with E-state index in [1.54, 1.807) is 60.5 Å². The number of carbonyl (C=O) groups is 1. The van der Waals surface area contributed by atoms with Crippen LogP contribution in [-0.2, 0) is 16.4 Å². The summed E-state index contributed by atoms with van der Waals surface area (Å²) in [5, 5.41) is 0. The molecule has 0 bridgehead atoms. The van der Waals surface area contributed by atoms with Crippen LogP contribution >= 0.6 is 0 Å². The molecule has 0 saturated carbocycles. The molecule has 1 aromatic heterocycles. The molecule has 0 N–H and O–H groups in total. The number of hydrogen-bond donors (Lipinski definition) is 0. The van der Waals surface area contributed by atoms with Crippen molar-refractivity contribution in [3.05, 3.63) is 108 Å². The molecule has 0 radical (unpaired) electrons. The molecule has 1 amide bonds. The molecular formula is C41H48FN5O6S. The van der Waals surface area contributed by atoms with Crippen LogP contribution in [0.3, 0.4) is 0 Å². The van der Waals surface area contributed by atoms with Crippen molar-refractivity contribution in [1.82, 2.24) is 19.4 Å². The molecule has 1 aliphatic heterocycles. The lowest BCUT2D eigenvalue weighted by molar-refractivity contribution is 0.0782. The monoisotopic (exact) mass is 757 g/mol. The molecule has 1 fully saturated rings. The Morgan fingerprint density at radius 3 is 2.22 bits per heavy atom. The standard InChI is InChI=1S/C41H48FN5O6S/c1-44(40(48)32-27-37(51-2)39(53-4)38(28-32)52-3)29-31(30-15-17-33(42)18-16-30)19-22-45-20-10-21-46(24-23-45)41-43-35-13-8-9-14-36(35)47(41)25-26-54(49,50)34-11-6-5-7-12-34/h5-9,11-18,27-28,31H,10,19-26,29H2,1-4H3. The number of halogens is 1. The molecule has 1 saturated heterocycles. The molecule has 0 aliphatic carbocycles. The van der Waals surface area contributed by atoms with Gasteiger partial charge in [-0.2, -0.15) is 0 Å². The molecule has 1 atom stereocenters. The van der Waals surface area contributed by atoms with Gasteiger partial charge in [-0.15, -0.1) is 0 Å². The number of hydrogen-bond acceptors (Lipinski definition) is 9. The summed E-state index contributed by atoms with van der Waals surface area (Å²) >= 11 is 0. The Kier molecular flexibility index (Phi) is 12.4. The van der Waals surface area contributed by atoms with Gasteiger partial charge < -0.3 is 33.5 Å². The maximum absolute atomic E-state index is 14.0. The largest absolute Gasteiger partial charge is 0.493 e. The molecule has 0 spiro atoms. The van der Waals surface area contributed by atoms with E-state index in [4.69, 9.17) is 19.2 Å². The van der Waals surface area contributed by atoms with Crippen molar-refractivity contribution in [3.63, 3.8) is 0 Å². The summed E-state index contributed by atoms with van der Waals surface area (Å²) in [4.78, 5) is 25.4. The molecule has 4 aromatic carbocycles. The van der Waals surface area contributed by atoms with Crippen LogP contribution in [0.2, 0.25) is 0 Å². The number of sulfone groups is 1. The van der Waals surface area contributed by atoms with Crippen LogP contribution in [0.15, 0.2) is 95.9 Å². The van der Waals surface area contributed by atoms with Crippen LogP contribution in [-0.4, -0.2) is 107 Å². The minimum atomic E-state index is -3.49. The van der Waals surface area contributed by atoms with Crippen molar-refractivity contribution >= 4 is 32.7 Å². The van der Waals surface area contributed by atoms with Gasteiger partial charge in [0.15, 0.2) is 21.3 Å². The first-order valence-electron chi connectivity index (χ1n) is 18.1. The zero-order valence-corrected chi connectivity index (χ0v) is 32.1. The number of rotatable bonds is 15. The van der Waals surface area contributed by atoms with E-state index in [2.05, 4.69) is 9.80 Å². The number of para-hydroxylation sites is 2. The zero-order valence-electron chi connectivity index (χ0n) is 31.3. The van der Waals surface area contributed by atoms with Crippen LogP contribution in [0.5, 0.6) is 17.2 Å². The second-order valence-corrected chi connectivity index (χ2v) is 15.6. The minimum absolute atomic E-state index is 0.0361. The quantitative estimate of drug-likeness (QED) is 0.125. The molecule has 2 heterocycles. The first kappa shape index (κ1) is 38.6. The molecule has 5 aromatic rings. The summed E-state index contributed by atoms with van der Waals surface area (Å²) in [5.74, 6) is 1.37. The van der Waals surface area contributed by atoms with Gasteiger partial charge in [-0.05, 0) is 80.0 Å². The Balaban J connectivity index is 1.15. The van der Waals surface area contributed by atoms with Gasteiger partial charge in [0.05, 0.1) is 43.0 Å². The fourth-order valence-electron chi connectivity index (χ4n) is 7.15. The number of ether oxygens (including phenoxy) is 3. The molecule has 11 nitrogen and oxygen atoms in total. The molecule has 1 aliphatic rings. The lowest BCUT2D eigenvalue weighted by Gasteiger charge is -2.28. The fraction of sp³-hybridized carbons (Fsp3) is 0.366. The highest BCUT2D eigenvalue weighted by molar-refractivity contribution is 7.91. The van der Waals surface area contributed by atoms with E-state index in [9.17, 15) is 17.6 Å². The van der Waals surface area contributed by atoms with Crippen molar-refractivity contribution in [2.45, 2.75) is 30.2 Å². The van der Waals surface area contributed by atoms with Gasteiger partial charge in [-0.25, -0.2) is 17.8 Å². The molecule has 13 heteroatoms. The van der Waals surface area contributed by atoms with Crippen LogP contribution in [0.4, 0.5) is 10.3 Å². The van der Waals surface area contributed by atoms with Crippen molar-refractivity contribution < 1.29 is 31.8 Å². The Hall–Kier alpha value is -5.14. The van der Waals surface area contributed by atoms with Crippen molar-refractivity contribution in [2.75, 3.05) is 78.3 Å². The number of anilines is 1. The Morgan fingerprint density at radius 2 is 1.54 bits per heavy atom. The number of methoxy groups -OCH3 is 3. The summed E-state index contributed by atoms with van der Waals surface area (Å²) in [6.45, 7) is 4.62. The molecule has 286 valence electrons. The van der Waals surface area contributed by atoms with E-state index in [0.717, 1.165) is 68.1 Å². The fourth-order valence-corrected chi connectivity index (χ4v) is 8.38. The lowest BCUT2D eigenvalue weighted by Crippen LogP contribution is -2.35. The average molecular weight is 758 g/mol. The number of aryl methyl sites for hydroxylation is 1. The van der Waals surface area contributed by atoms with E-state index in [1.807, 2.05) is 34.9 Å². The zero-order chi connectivity index (χ0) is 38.2. The van der Waals surface area contributed by atoms with E-state index in [-0.39, 0.29) is 29.9 Å². The SMILES string of the molecule is COc1cc(C(=O)N(C)CC(CCN2CCCN(c3nc4ccccc4n3CCS(=O)(=O)c3ccccc3)CC2)c2ccc(F)cc2)cc(OC)c1OC.